The fraction of sp³-hybridized carbons (Fsp3) is 0.176. The predicted octanol–water partition coefficient (Wildman–Crippen LogP) is 2.21. The molecule has 0 bridgehead atoms. The van der Waals surface area contributed by atoms with Gasteiger partial charge in [0.1, 0.15) is 21.9 Å². The summed E-state index contributed by atoms with van der Waals surface area (Å²) in [6.07, 6.45) is 1.87. The number of thiophene rings is 1. The van der Waals surface area contributed by atoms with Gasteiger partial charge < -0.3 is 14.3 Å². The molecule has 0 aromatic carbocycles. The lowest BCUT2D eigenvalue weighted by Gasteiger charge is -2.15. The van der Waals surface area contributed by atoms with Crippen LogP contribution in [0.2, 0.25) is 0 Å². The smallest absolute Gasteiger partial charge is 0.274 e. The number of carbonyl (C=O) groups excluding carboxylic acids is 1. The lowest BCUT2D eigenvalue weighted by Crippen LogP contribution is -2.29. The predicted molar refractivity (Wildman–Crippen MR) is 96.0 cm³/mol. The largest absolute Gasteiger partial charge is 0.333 e. The van der Waals surface area contributed by atoms with Gasteiger partial charge in [-0.25, -0.2) is 9.97 Å². The van der Waals surface area contributed by atoms with Crippen molar-refractivity contribution in [3.63, 3.8) is 0 Å². The summed E-state index contributed by atoms with van der Waals surface area (Å²) < 4.78 is 2.47. The van der Waals surface area contributed by atoms with E-state index in [2.05, 4.69) is 15.0 Å². The number of hydrogen-bond donors (Lipinski definition) is 1. The molecule has 7 nitrogen and oxygen atoms in total. The van der Waals surface area contributed by atoms with E-state index < -0.39 is 0 Å². The number of fused-ring (bicyclic) bond motifs is 2. The summed E-state index contributed by atoms with van der Waals surface area (Å²) in [6, 6.07) is 7.43. The highest BCUT2D eigenvalue weighted by molar-refractivity contribution is 7.17. The monoisotopic (exact) mass is 353 g/mol. The number of hydrogen-bond acceptors (Lipinski definition) is 5. The van der Waals surface area contributed by atoms with Gasteiger partial charge in [0.05, 0.1) is 17.8 Å². The Morgan fingerprint density at radius 1 is 1.32 bits per heavy atom. The highest BCUT2D eigenvalue weighted by atomic mass is 32.1. The van der Waals surface area contributed by atoms with Crippen molar-refractivity contribution in [2.75, 3.05) is 7.05 Å². The van der Waals surface area contributed by atoms with Crippen molar-refractivity contribution in [3.05, 3.63) is 63.4 Å². The number of aromatic amines is 1. The molecular weight excluding hydrogens is 338 g/mol. The van der Waals surface area contributed by atoms with Crippen LogP contribution in [-0.4, -0.2) is 37.2 Å². The molecule has 25 heavy (non-hydrogen) atoms. The Hall–Kier alpha value is -3.00. The SMILES string of the molecule is Cc1c(C(=O)N(C)Cc2nc3ccsc3c(=O)[nH]2)nc2ccccn12. The number of imidazole rings is 1. The number of nitrogens with one attached hydrogen (secondary N) is 1. The van der Waals surface area contributed by atoms with Crippen LogP contribution >= 0.6 is 11.3 Å². The maximum absolute atomic E-state index is 12.8. The average Bonchev–Trinajstić information content (AvgIpc) is 3.19. The van der Waals surface area contributed by atoms with Crippen molar-refractivity contribution in [3.8, 4) is 0 Å². The fourth-order valence-corrected chi connectivity index (χ4v) is 3.52. The third kappa shape index (κ3) is 2.60. The number of H-pyrrole nitrogens is 1. The van der Waals surface area contributed by atoms with Crippen LogP contribution in [0.5, 0.6) is 0 Å². The van der Waals surface area contributed by atoms with Gasteiger partial charge in [0.15, 0.2) is 0 Å². The summed E-state index contributed by atoms with van der Waals surface area (Å²) >= 11 is 1.35. The summed E-state index contributed by atoms with van der Waals surface area (Å²) in [5.41, 5.74) is 2.37. The molecule has 0 saturated heterocycles. The molecule has 1 amide bonds. The van der Waals surface area contributed by atoms with E-state index in [0.29, 0.717) is 21.7 Å². The molecule has 1 N–H and O–H groups in total. The summed E-state index contributed by atoms with van der Waals surface area (Å²) in [7, 11) is 1.67. The molecule has 0 unspecified atom stereocenters. The summed E-state index contributed by atoms with van der Waals surface area (Å²) in [5, 5.41) is 1.82. The van der Waals surface area contributed by atoms with Gasteiger partial charge in [-0.2, -0.15) is 0 Å². The van der Waals surface area contributed by atoms with E-state index in [1.54, 1.807) is 13.1 Å². The minimum absolute atomic E-state index is 0.181. The molecular formula is C17H15N5O2S. The van der Waals surface area contributed by atoms with Gasteiger partial charge in [0.2, 0.25) is 0 Å². The first-order chi connectivity index (χ1) is 12.0. The Labute approximate surface area is 146 Å². The highest BCUT2D eigenvalue weighted by Gasteiger charge is 2.20. The Morgan fingerprint density at radius 3 is 2.96 bits per heavy atom. The van der Waals surface area contributed by atoms with Gasteiger partial charge in [-0.3, -0.25) is 9.59 Å². The first kappa shape index (κ1) is 15.5. The number of rotatable bonds is 3. The Bertz CT molecular complexity index is 1160. The Morgan fingerprint density at radius 2 is 2.16 bits per heavy atom. The van der Waals surface area contributed by atoms with Gasteiger partial charge in [0.25, 0.3) is 11.5 Å². The first-order valence-corrected chi connectivity index (χ1v) is 8.58. The average molecular weight is 353 g/mol. The topological polar surface area (TPSA) is 83.4 Å². The third-order valence-electron chi connectivity index (χ3n) is 4.07. The van der Waals surface area contributed by atoms with E-state index in [-0.39, 0.29) is 18.0 Å². The lowest BCUT2D eigenvalue weighted by molar-refractivity contribution is 0.0775. The van der Waals surface area contributed by atoms with Crippen molar-refractivity contribution in [2.45, 2.75) is 13.5 Å². The molecule has 0 atom stereocenters. The number of aromatic nitrogens is 4. The number of nitrogens with zero attached hydrogens (tertiary/aromatic N) is 4. The van der Waals surface area contributed by atoms with Crippen LogP contribution in [0.1, 0.15) is 22.0 Å². The fourth-order valence-electron chi connectivity index (χ4n) is 2.79. The van der Waals surface area contributed by atoms with E-state index >= 15 is 0 Å². The standard InChI is InChI=1S/C17H15N5O2S/c1-10-14(20-13-5-3-4-7-22(10)13)17(24)21(2)9-12-18-11-6-8-25-15(11)16(23)19-12/h3-8H,9H2,1-2H3,(H,18,19,23). The lowest BCUT2D eigenvalue weighted by atomic mass is 10.3. The van der Waals surface area contributed by atoms with Crippen LogP contribution in [-0.2, 0) is 6.54 Å². The van der Waals surface area contributed by atoms with Gasteiger partial charge in [-0.1, -0.05) is 6.07 Å². The molecule has 126 valence electrons. The number of pyridine rings is 1. The third-order valence-corrected chi connectivity index (χ3v) is 4.97. The highest BCUT2D eigenvalue weighted by Crippen LogP contribution is 2.16. The first-order valence-electron chi connectivity index (χ1n) is 7.70. The molecule has 0 fully saturated rings. The normalized spacial score (nSPS) is 11.3. The van der Waals surface area contributed by atoms with E-state index in [4.69, 9.17) is 0 Å². The molecule has 0 spiro atoms. The van der Waals surface area contributed by atoms with Gasteiger partial charge in [0, 0.05) is 13.2 Å². The Balaban J connectivity index is 1.65. The maximum Gasteiger partial charge on any atom is 0.274 e. The van der Waals surface area contributed by atoms with Crippen LogP contribution in [0.15, 0.2) is 40.6 Å². The van der Waals surface area contributed by atoms with E-state index in [1.807, 2.05) is 41.1 Å². The molecule has 0 aliphatic heterocycles. The number of carbonyl (C=O) groups is 1. The summed E-state index contributed by atoms with van der Waals surface area (Å²) in [6.45, 7) is 2.06. The van der Waals surface area contributed by atoms with E-state index in [1.165, 1.54) is 16.2 Å². The summed E-state index contributed by atoms with van der Waals surface area (Å²) in [4.78, 5) is 37.9. The van der Waals surface area contributed by atoms with E-state index in [0.717, 1.165) is 11.3 Å². The minimum atomic E-state index is -0.214. The quantitative estimate of drug-likeness (QED) is 0.612. The molecule has 0 saturated carbocycles. The second kappa shape index (κ2) is 5.82. The van der Waals surface area contributed by atoms with Crippen LogP contribution < -0.4 is 5.56 Å². The minimum Gasteiger partial charge on any atom is -0.333 e. The Kier molecular flexibility index (Phi) is 3.61. The number of aryl methyl sites for hydroxylation is 1. The molecule has 0 radical (unpaired) electrons. The zero-order valence-electron chi connectivity index (χ0n) is 13.7. The van der Waals surface area contributed by atoms with Crippen molar-refractivity contribution in [2.24, 2.45) is 0 Å². The van der Waals surface area contributed by atoms with Gasteiger partial charge in [-0.15, -0.1) is 11.3 Å². The second-order valence-corrected chi connectivity index (χ2v) is 6.70. The van der Waals surface area contributed by atoms with Crippen LogP contribution in [0.25, 0.3) is 15.9 Å². The second-order valence-electron chi connectivity index (χ2n) is 5.78. The van der Waals surface area contributed by atoms with Crippen molar-refractivity contribution >= 4 is 33.1 Å². The van der Waals surface area contributed by atoms with Crippen LogP contribution in [0.4, 0.5) is 0 Å². The molecule has 4 rings (SSSR count). The zero-order valence-corrected chi connectivity index (χ0v) is 14.5. The number of amides is 1. The molecule has 4 aromatic heterocycles. The molecule has 4 heterocycles. The molecule has 0 aliphatic rings. The van der Waals surface area contributed by atoms with Crippen molar-refractivity contribution in [1.82, 2.24) is 24.3 Å². The zero-order chi connectivity index (χ0) is 17.6. The summed E-state index contributed by atoms with van der Waals surface area (Å²) in [5.74, 6) is 0.238. The van der Waals surface area contributed by atoms with Crippen molar-refractivity contribution in [1.29, 1.82) is 0 Å². The molecule has 0 aliphatic carbocycles. The van der Waals surface area contributed by atoms with Crippen molar-refractivity contribution < 1.29 is 4.79 Å². The van der Waals surface area contributed by atoms with Gasteiger partial charge >= 0.3 is 0 Å². The van der Waals surface area contributed by atoms with Crippen LogP contribution in [0.3, 0.4) is 0 Å². The maximum atomic E-state index is 12.8. The van der Waals surface area contributed by atoms with E-state index in [9.17, 15) is 9.59 Å². The van der Waals surface area contributed by atoms with Gasteiger partial charge in [-0.05, 0) is 30.5 Å². The molecule has 4 aromatic rings. The molecule has 8 heteroatoms. The van der Waals surface area contributed by atoms with Crippen LogP contribution in [0, 0.1) is 6.92 Å².